The van der Waals surface area contributed by atoms with Gasteiger partial charge in [0, 0.05) is 6.07 Å². The third-order valence-corrected chi connectivity index (χ3v) is 2.67. The summed E-state index contributed by atoms with van der Waals surface area (Å²) < 4.78 is 14.5. The second-order valence-electron chi connectivity index (χ2n) is 4.06. The third-order valence-electron chi connectivity index (χ3n) is 2.67. The van der Waals surface area contributed by atoms with Gasteiger partial charge in [0.2, 0.25) is 0 Å². The van der Waals surface area contributed by atoms with Gasteiger partial charge in [-0.2, -0.15) is 0 Å². The molecule has 0 amide bonds. The Labute approximate surface area is 111 Å². The molecule has 0 unspecified atom stereocenters. The van der Waals surface area contributed by atoms with Gasteiger partial charge in [-0.25, -0.2) is 13.9 Å². The monoisotopic (exact) mass is 280 g/mol. The largest absolute Gasteiger partial charge is 0.476 e. The van der Waals surface area contributed by atoms with E-state index < -0.39 is 16.7 Å². The van der Waals surface area contributed by atoms with Crippen molar-refractivity contribution in [2.75, 3.05) is 0 Å². The Morgan fingerprint density at radius 2 is 2.20 bits per heavy atom. The molecule has 1 heterocycles. The predicted octanol–water partition coefficient (Wildman–Crippen LogP) is 1.38. The van der Waals surface area contributed by atoms with E-state index in [2.05, 4.69) is 10.3 Å². The van der Waals surface area contributed by atoms with E-state index in [1.54, 1.807) is 0 Å². The zero-order valence-corrected chi connectivity index (χ0v) is 10.3. The molecule has 104 valence electrons. The van der Waals surface area contributed by atoms with Crippen LogP contribution in [-0.4, -0.2) is 31.0 Å². The molecule has 2 aromatic rings. The van der Waals surface area contributed by atoms with Crippen LogP contribution in [-0.2, 0) is 6.54 Å². The number of aromatic carboxylic acids is 1. The summed E-state index contributed by atoms with van der Waals surface area (Å²) in [5.74, 6) is -1.97. The number of carboxylic acids is 1. The van der Waals surface area contributed by atoms with Gasteiger partial charge in [-0.3, -0.25) is 10.1 Å². The lowest BCUT2D eigenvalue weighted by molar-refractivity contribution is -0.385. The molecule has 0 bridgehead atoms. The summed E-state index contributed by atoms with van der Waals surface area (Å²) in [5, 5.41) is 26.6. The molecule has 8 nitrogen and oxygen atoms in total. The summed E-state index contributed by atoms with van der Waals surface area (Å²) >= 11 is 0. The first-order chi connectivity index (χ1) is 9.38. The molecule has 0 fully saturated rings. The fourth-order valence-electron chi connectivity index (χ4n) is 1.71. The summed E-state index contributed by atoms with van der Waals surface area (Å²) in [7, 11) is 0. The van der Waals surface area contributed by atoms with Crippen LogP contribution in [0.15, 0.2) is 18.2 Å². The zero-order valence-electron chi connectivity index (χ0n) is 10.3. The number of hydrogen-bond donors (Lipinski definition) is 1. The molecule has 0 saturated heterocycles. The molecule has 0 aliphatic rings. The van der Waals surface area contributed by atoms with Crippen molar-refractivity contribution in [1.29, 1.82) is 0 Å². The predicted molar refractivity (Wildman–Crippen MR) is 63.9 cm³/mol. The highest BCUT2D eigenvalue weighted by atomic mass is 19.1. The van der Waals surface area contributed by atoms with Gasteiger partial charge in [-0.05, 0) is 18.6 Å². The number of nitro groups is 1. The van der Waals surface area contributed by atoms with Crippen molar-refractivity contribution in [1.82, 2.24) is 15.0 Å². The van der Waals surface area contributed by atoms with Crippen molar-refractivity contribution >= 4 is 11.7 Å². The molecular weight excluding hydrogens is 271 g/mol. The van der Waals surface area contributed by atoms with Crippen LogP contribution in [0.25, 0.3) is 0 Å². The molecule has 0 atom stereocenters. The highest BCUT2D eigenvalue weighted by Gasteiger charge is 2.16. The molecule has 1 aromatic carbocycles. The average Bonchev–Trinajstić information content (AvgIpc) is 2.70. The maximum absolute atomic E-state index is 13.3. The fourth-order valence-corrected chi connectivity index (χ4v) is 1.71. The fraction of sp³-hybridized carbons (Fsp3) is 0.182. The smallest absolute Gasteiger partial charge is 0.358 e. The van der Waals surface area contributed by atoms with E-state index in [0.717, 1.165) is 12.1 Å². The first-order valence-corrected chi connectivity index (χ1v) is 5.45. The van der Waals surface area contributed by atoms with Crippen LogP contribution in [0.4, 0.5) is 10.1 Å². The van der Waals surface area contributed by atoms with Crippen LogP contribution in [0, 0.1) is 22.9 Å². The molecule has 2 rings (SSSR count). The van der Waals surface area contributed by atoms with Gasteiger partial charge in [-0.1, -0.05) is 5.21 Å². The minimum absolute atomic E-state index is 0.00921. The SMILES string of the molecule is Cc1c(C(=O)O)nnn1Cc1cc(F)cc([N+](=O)[O-])c1. The van der Waals surface area contributed by atoms with E-state index in [-0.39, 0.29) is 23.6 Å². The van der Waals surface area contributed by atoms with Crippen LogP contribution < -0.4 is 0 Å². The minimum atomic E-state index is -1.22. The molecule has 0 spiro atoms. The number of aromatic nitrogens is 3. The number of carboxylic acid groups (broad SMARTS) is 1. The normalized spacial score (nSPS) is 10.5. The van der Waals surface area contributed by atoms with Gasteiger partial charge >= 0.3 is 5.97 Å². The molecule has 0 saturated carbocycles. The van der Waals surface area contributed by atoms with Crippen LogP contribution in [0.2, 0.25) is 0 Å². The van der Waals surface area contributed by atoms with Crippen molar-refractivity contribution in [2.45, 2.75) is 13.5 Å². The third kappa shape index (κ3) is 2.60. The van der Waals surface area contributed by atoms with E-state index in [1.807, 2.05) is 0 Å². The lowest BCUT2D eigenvalue weighted by Crippen LogP contribution is -2.06. The Kier molecular flexibility index (Phi) is 3.42. The van der Waals surface area contributed by atoms with E-state index in [1.165, 1.54) is 17.7 Å². The Morgan fingerprint density at radius 1 is 1.50 bits per heavy atom. The number of nitro benzene ring substituents is 1. The summed E-state index contributed by atoms with van der Waals surface area (Å²) in [6.45, 7) is 1.49. The summed E-state index contributed by atoms with van der Waals surface area (Å²) in [6.07, 6.45) is 0. The van der Waals surface area contributed by atoms with Gasteiger partial charge < -0.3 is 5.11 Å². The maximum atomic E-state index is 13.3. The molecule has 0 radical (unpaired) electrons. The number of nitrogens with zero attached hydrogens (tertiary/aromatic N) is 4. The lowest BCUT2D eigenvalue weighted by atomic mass is 10.2. The molecule has 20 heavy (non-hydrogen) atoms. The van der Waals surface area contributed by atoms with Gasteiger partial charge in [0.15, 0.2) is 5.69 Å². The number of benzene rings is 1. The van der Waals surface area contributed by atoms with E-state index >= 15 is 0 Å². The number of halogens is 1. The highest BCUT2D eigenvalue weighted by Crippen LogP contribution is 2.17. The van der Waals surface area contributed by atoms with Crippen LogP contribution in [0.3, 0.4) is 0 Å². The van der Waals surface area contributed by atoms with Crippen molar-refractivity contribution < 1.29 is 19.2 Å². The number of rotatable bonds is 4. The van der Waals surface area contributed by atoms with Crippen LogP contribution in [0.5, 0.6) is 0 Å². The van der Waals surface area contributed by atoms with Crippen LogP contribution >= 0.6 is 0 Å². The molecule has 0 aliphatic carbocycles. The van der Waals surface area contributed by atoms with E-state index in [9.17, 15) is 19.3 Å². The standard InChI is InChI=1S/C11H9FN4O4/c1-6-10(11(17)18)13-14-15(6)5-7-2-8(12)4-9(3-7)16(19)20/h2-4H,5H2,1H3,(H,17,18). The van der Waals surface area contributed by atoms with Crippen molar-refractivity contribution in [2.24, 2.45) is 0 Å². The molecule has 9 heteroatoms. The summed E-state index contributed by atoms with van der Waals surface area (Å²) in [4.78, 5) is 20.8. The van der Waals surface area contributed by atoms with Gasteiger partial charge in [-0.15, -0.1) is 5.10 Å². The van der Waals surface area contributed by atoms with Gasteiger partial charge in [0.05, 0.1) is 23.2 Å². The van der Waals surface area contributed by atoms with Crippen molar-refractivity contribution in [3.8, 4) is 0 Å². The maximum Gasteiger partial charge on any atom is 0.358 e. The minimum Gasteiger partial charge on any atom is -0.476 e. The Balaban J connectivity index is 2.35. The molecule has 1 N–H and O–H groups in total. The van der Waals surface area contributed by atoms with Crippen LogP contribution in [0.1, 0.15) is 21.7 Å². The van der Waals surface area contributed by atoms with E-state index in [4.69, 9.17) is 5.11 Å². The van der Waals surface area contributed by atoms with E-state index in [0.29, 0.717) is 5.56 Å². The first kappa shape index (κ1) is 13.6. The second-order valence-corrected chi connectivity index (χ2v) is 4.06. The average molecular weight is 280 g/mol. The highest BCUT2D eigenvalue weighted by molar-refractivity contribution is 5.86. The summed E-state index contributed by atoms with van der Waals surface area (Å²) in [5.41, 5.74) is -0.0156. The number of hydrogen-bond acceptors (Lipinski definition) is 5. The number of non-ortho nitro benzene ring substituents is 1. The molecular formula is C11H9FN4O4. The Bertz CT molecular complexity index is 698. The number of carbonyl (C=O) groups is 1. The molecule has 1 aromatic heterocycles. The topological polar surface area (TPSA) is 111 Å². The lowest BCUT2D eigenvalue weighted by Gasteiger charge is -2.04. The summed E-state index contributed by atoms with van der Waals surface area (Å²) in [6, 6.07) is 3.12. The Morgan fingerprint density at radius 3 is 2.75 bits per heavy atom. The van der Waals surface area contributed by atoms with Gasteiger partial charge in [0.1, 0.15) is 5.82 Å². The molecule has 0 aliphatic heterocycles. The van der Waals surface area contributed by atoms with Crippen molar-refractivity contribution in [3.05, 3.63) is 51.1 Å². The zero-order chi connectivity index (χ0) is 14.9. The van der Waals surface area contributed by atoms with Crippen molar-refractivity contribution in [3.63, 3.8) is 0 Å². The Hall–Kier alpha value is -2.84. The first-order valence-electron chi connectivity index (χ1n) is 5.45. The quantitative estimate of drug-likeness (QED) is 0.669. The second kappa shape index (κ2) is 5.03. The van der Waals surface area contributed by atoms with Gasteiger partial charge in [0.25, 0.3) is 5.69 Å².